The van der Waals surface area contributed by atoms with E-state index in [1.807, 2.05) is 39.8 Å². The zero-order chi connectivity index (χ0) is 20.9. The summed E-state index contributed by atoms with van der Waals surface area (Å²) in [4.78, 5) is 39.7. The van der Waals surface area contributed by atoms with Crippen LogP contribution >= 0.6 is 39.0 Å². The molecule has 0 aliphatic heterocycles. The van der Waals surface area contributed by atoms with Gasteiger partial charge in [-0.1, -0.05) is 27.7 Å². The Bertz CT molecular complexity index is 1370. The topological polar surface area (TPSA) is 80.6 Å². The van der Waals surface area contributed by atoms with Crippen LogP contribution in [0.4, 0.5) is 0 Å². The van der Waals surface area contributed by atoms with Crippen molar-refractivity contribution in [2.75, 3.05) is 0 Å². The number of benzene rings is 1. The van der Waals surface area contributed by atoms with E-state index in [-0.39, 0.29) is 16.4 Å². The highest BCUT2D eigenvalue weighted by Crippen LogP contribution is 2.34. The molecular formula is C20H19BrN4O2S2. The SMILES string of the molecule is CCn1c(SC(C)c2nc3sc(C)c(C)c3c(=O)[nH]2)nc2ccc(Br)cc2c1=O. The van der Waals surface area contributed by atoms with Crippen LogP contribution in [-0.4, -0.2) is 19.5 Å². The number of thioether (sulfide) groups is 1. The van der Waals surface area contributed by atoms with E-state index in [0.29, 0.717) is 33.8 Å². The molecule has 0 fully saturated rings. The number of fused-ring (bicyclic) bond motifs is 2. The van der Waals surface area contributed by atoms with Crippen molar-refractivity contribution >= 4 is 60.1 Å². The largest absolute Gasteiger partial charge is 0.309 e. The van der Waals surface area contributed by atoms with Crippen LogP contribution in [0.5, 0.6) is 0 Å². The molecule has 0 aliphatic carbocycles. The smallest absolute Gasteiger partial charge is 0.262 e. The number of thiophene rings is 1. The highest BCUT2D eigenvalue weighted by Gasteiger charge is 2.19. The molecule has 150 valence electrons. The van der Waals surface area contributed by atoms with Crippen molar-refractivity contribution in [1.82, 2.24) is 19.5 Å². The minimum Gasteiger partial charge on any atom is -0.309 e. The maximum atomic E-state index is 12.9. The van der Waals surface area contributed by atoms with E-state index in [0.717, 1.165) is 19.7 Å². The second kappa shape index (κ2) is 7.70. The van der Waals surface area contributed by atoms with E-state index in [1.54, 1.807) is 10.6 Å². The molecule has 0 radical (unpaired) electrons. The number of nitrogens with one attached hydrogen (secondary N) is 1. The van der Waals surface area contributed by atoms with E-state index < -0.39 is 0 Å². The van der Waals surface area contributed by atoms with Gasteiger partial charge in [-0.2, -0.15) is 0 Å². The fraction of sp³-hybridized carbons (Fsp3) is 0.300. The van der Waals surface area contributed by atoms with Gasteiger partial charge in [-0.25, -0.2) is 9.97 Å². The summed E-state index contributed by atoms with van der Waals surface area (Å²) in [5.74, 6) is 0.585. The molecule has 0 amide bonds. The molecule has 3 aromatic heterocycles. The number of hydrogen-bond donors (Lipinski definition) is 1. The van der Waals surface area contributed by atoms with E-state index in [2.05, 4.69) is 25.9 Å². The first-order valence-corrected chi connectivity index (χ1v) is 11.7. The van der Waals surface area contributed by atoms with Crippen LogP contribution in [0.15, 0.2) is 37.4 Å². The molecule has 3 heterocycles. The minimum atomic E-state index is -0.174. The van der Waals surface area contributed by atoms with Crippen molar-refractivity contribution in [2.24, 2.45) is 0 Å². The monoisotopic (exact) mass is 490 g/mol. The lowest BCUT2D eigenvalue weighted by Gasteiger charge is -2.15. The average molecular weight is 491 g/mol. The van der Waals surface area contributed by atoms with Crippen molar-refractivity contribution in [3.8, 4) is 0 Å². The zero-order valence-electron chi connectivity index (χ0n) is 16.4. The fourth-order valence-corrected chi connectivity index (χ4v) is 5.65. The average Bonchev–Trinajstić information content (AvgIpc) is 2.97. The van der Waals surface area contributed by atoms with E-state index >= 15 is 0 Å². The van der Waals surface area contributed by atoms with Crippen molar-refractivity contribution < 1.29 is 0 Å². The number of hydrogen-bond acceptors (Lipinski definition) is 6. The Morgan fingerprint density at radius 2 is 2.03 bits per heavy atom. The molecule has 1 N–H and O–H groups in total. The van der Waals surface area contributed by atoms with Gasteiger partial charge in [0.1, 0.15) is 10.7 Å². The summed E-state index contributed by atoms with van der Waals surface area (Å²) in [6.45, 7) is 8.33. The van der Waals surface area contributed by atoms with Gasteiger partial charge in [-0.05, 0) is 51.5 Å². The third kappa shape index (κ3) is 3.55. The third-order valence-electron chi connectivity index (χ3n) is 4.92. The lowest BCUT2D eigenvalue weighted by Crippen LogP contribution is -2.23. The highest BCUT2D eigenvalue weighted by atomic mass is 79.9. The van der Waals surface area contributed by atoms with Gasteiger partial charge in [0, 0.05) is 15.9 Å². The Hall–Kier alpha value is -1.97. The Morgan fingerprint density at radius 1 is 1.28 bits per heavy atom. The summed E-state index contributed by atoms with van der Waals surface area (Å²) in [6, 6.07) is 5.50. The Labute approximate surface area is 183 Å². The first-order chi connectivity index (χ1) is 13.8. The highest BCUT2D eigenvalue weighted by molar-refractivity contribution is 9.10. The lowest BCUT2D eigenvalue weighted by molar-refractivity contribution is 0.632. The number of nitrogens with zero attached hydrogens (tertiary/aromatic N) is 3. The van der Waals surface area contributed by atoms with Crippen molar-refractivity contribution in [3.05, 3.63) is 59.6 Å². The van der Waals surface area contributed by atoms with Gasteiger partial charge in [0.2, 0.25) is 0 Å². The van der Waals surface area contributed by atoms with Gasteiger partial charge in [-0.3, -0.25) is 14.2 Å². The molecule has 29 heavy (non-hydrogen) atoms. The van der Waals surface area contributed by atoms with Gasteiger partial charge < -0.3 is 4.98 Å². The van der Waals surface area contributed by atoms with Crippen LogP contribution in [0.1, 0.15) is 35.4 Å². The summed E-state index contributed by atoms with van der Waals surface area (Å²) >= 11 is 6.36. The molecular weight excluding hydrogens is 472 g/mol. The summed E-state index contributed by atoms with van der Waals surface area (Å²) in [7, 11) is 0. The number of halogens is 1. The standard InChI is InChI=1S/C20H19BrN4O2S2/c1-5-25-19(27)13-8-12(21)6-7-14(13)22-20(25)29-11(4)16-23-17(26)15-9(2)10(3)28-18(15)24-16/h6-8,11H,5H2,1-4H3,(H,23,24,26). The predicted octanol–water partition coefficient (Wildman–Crippen LogP) is 4.95. The molecule has 0 spiro atoms. The van der Waals surface area contributed by atoms with Crippen LogP contribution < -0.4 is 11.1 Å². The molecule has 1 aromatic carbocycles. The van der Waals surface area contributed by atoms with Gasteiger partial charge >= 0.3 is 0 Å². The fourth-order valence-electron chi connectivity index (χ4n) is 3.22. The maximum Gasteiger partial charge on any atom is 0.262 e. The Morgan fingerprint density at radius 3 is 2.76 bits per heavy atom. The van der Waals surface area contributed by atoms with Crippen molar-refractivity contribution in [1.29, 1.82) is 0 Å². The van der Waals surface area contributed by atoms with Crippen LogP contribution in [0.25, 0.3) is 21.1 Å². The maximum absolute atomic E-state index is 12.9. The van der Waals surface area contributed by atoms with Crippen molar-refractivity contribution in [2.45, 2.75) is 44.6 Å². The molecule has 1 atom stereocenters. The molecule has 0 bridgehead atoms. The Kier molecular flexibility index (Phi) is 5.39. The molecule has 0 aliphatic rings. The summed E-state index contributed by atoms with van der Waals surface area (Å²) < 4.78 is 2.50. The second-order valence-electron chi connectivity index (χ2n) is 6.78. The van der Waals surface area contributed by atoms with Gasteiger partial charge in [0.15, 0.2) is 5.16 Å². The quantitative estimate of drug-likeness (QED) is 0.323. The first-order valence-electron chi connectivity index (χ1n) is 9.16. The van der Waals surface area contributed by atoms with E-state index in [1.165, 1.54) is 23.1 Å². The number of rotatable bonds is 4. The van der Waals surface area contributed by atoms with Gasteiger partial charge in [0.25, 0.3) is 11.1 Å². The summed E-state index contributed by atoms with van der Waals surface area (Å²) in [5.41, 5.74) is 1.44. The molecule has 1 unspecified atom stereocenters. The molecule has 4 rings (SSSR count). The van der Waals surface area contributed by atoms with Gasteiger partial charge in [0.05, 0.1) is 21.5 Å². The number of H-pyrrole nitrogens is 1. The molecule has 0 saturated heterocycles. The molecule has 0 saturated carbocycles. The molecule has 4 aromatic rings. The number of aromatic nitrogens is 4. The predicted molar refractivity (Wildman–Crippen MR) is 123 cm³/mol. The number of aryl methyl sites for hydroxylation is 2. The van der Waals surface area contributed by atoms with Crippen LogP contribution in [0.3, 0.4) is 0 Å². The first kappa shape index (κ1) is 20.3. The van der Waals surface area contributed by atoms with Crippen molar-refractivity contribution in [3.63, 3.8) is 0 Å². The van der Waals surface area contributed by atoms with Crippen LogP contribution in [0, 0.1) is 13.8 Å². The zero-order valence-corrected chi connectivity index (χ0v) is 19.6. The minimum absolute atomic E-state index is 0.0742. The second-order valence-corrected chi connectivity index (χ2v) is 10.2. The van der Waals surface area contributed by atoms with E-state index in [9.17, 15) is 9.59 Å². The lowest BCUT2D eigenvalue weighted by atomic mass is 10.2. The summed E-state index contributed by atoms with van der Waals surface area (Å²) in [6.07, 6.45) is 0. The molecule has 9 heteroatoms. The Balaban J connectivity index is 1.79. The van der Waals surface area contributed by atoms with E-state index in [4.69, 9.17) is 4.98 Å². The normalized spacial score (nSPS) is 12.7. The third-order valence-corrected chi connectivity index (χ3v) is 7.62. The summed E-state index contributed by atoms with van der Waals surface area (Å²) in [5, 5.41) is 1.68. The van der Waals surface area contributed by atoms with Crippen LogP contribution in [-0.2, 0) is 6.54 Å². The molecule has 6 nitrogen and oxygen atoms in total. The van der Waals surface area contributed by atoms with Crippen LogP contribution in [0.2, 0.25) is 0 Å². The number of aromatic amines is 1. The van der Waals surface area contributed by atoms with Gasteiger partial charge in [-0.15, -0.1) is 11.3 Å².